The second-order valence-corrected chi connectivity index (χ2v) is 6.37. The average molecular weight is 252 g/mol. The summed E-state index contributed by atoms with van der Waals surface area (Å²) in [4.78, 5) is 6.77. The maximum Gasteiger partial charge on any atom is 0.240 e. The summed E-state index contributed by atoms with van der Waals surface area (Å²) in [6.07, 6.45) is 1.31. The first-order valence-corrected chi connectivity index (χ1v) is 6.69. The van der Waals surface area contributed by atoms with Crippen LogP contribution >= 0.6 is 0 Å². The number of nitrogens with zero attached hydrogens (tertiary/aromatic N) is 3. The summed E-state index contributed by atoms with van der Waals surface area (Å²) >= 11 is 0. The van der Waals surface area contributed by atoms with Gasteiger partial charge in [-0.25, -0.2) is 0 Å². The Kier molecular flexibility index (Phi) is 3.73. The van der Waals surface area contributed by atoms with E-state index in [4.69, 9.17) is 10.3 Å². The van der Waals surface area contributed by atoms with Crippen molar-refractivity contribution in [2.75, 3.05) is 13.1 Å². The third-order valence-electron chi connectivity index (χ3n) is 3.35. The van der Waals surface area contributed by atoms with Crippen molar-refractivity contribution >= 4 is 0 Å². The molecule has 1 aliphatic rings. The predicted molar refractivity (Wildman–Crippen MR) is 69.7 cm³/mol. The number of likely N-dealkylation sites (tertiary alicyclic amines) is 1. The van der Waals surface area contributed by atoms with Gasteiger partial charge in [0, 0.05) is 13.1 Å². The van der Waals surface area contributed by atoms with E-state index in [0.29, 0.717) is 11.7 Å². The average Bonchev–Trinajstić information content (AvgIpc) is 2.63. The van der Waals surface area contributed by atoms with E-state index in [-0.39, 0.29) is 0 Å². The summed E-state index contributed by atoms with van der Waals surface area (Å²) in [6, 6.07) is 0. The van der Waals surface area contributed by atoms with Crippen molar-refractivity contribution < 1.29 is 4.52 Å². The molecule has 0 aliphatic carbocycles. The highest BCUT2D eigenvalue weighted by atomic mass is 16.5. The first-order valence-electron chi connectivity index (χ1n) is 6.69. The molecule has 0 bridgehead atoms. The number of rotatable bonds is 3. The fraction of sp³-hybridized carbons (Fsp3) is 0.846. The molecule has 2 heterocycles. The van der Waals surface area contributed by atoms with Crippen molar-refractivity contribution in [2.24, 2.45) is 17.6 Å². The summed E-state index contributed by atoms with van der Waals surface area (Å²) in [5, 5.41) is 3.95. The van der Waals surface area contributed by atoms with Crippen molar-refractivity contribution in [3.63, 3.8) is 0 Å². The highest BCUT2D eigenvalue weighted by Crippen LogP contribution is 2.22. The lowest BCUT2D eigenvalue weighted by Crippen LogP contribution is -2.38. The lowest BCUT2D eigenvalue weighted by atomic mass is 9.92. The van der Waals surface area contributed by atoms with Crippen LogP contribution in [0.25, 0.3) is 0 Å². The number of piperidine rings is 1. The Balaban J connectivity index is 1.99. The summed E-state index contributed by atoms with van der Waals surface area (Å²) in [6.45, 7) is 11.3. The van der Waals surface area contributed by atoms with Crippen LogP contribution < -0.4 is 5.73 Å². The molecule has 0 saturated carbocycles. The zero-order valence-corrected chi connectivity index (χ0v) is 11.8. The first-order chi connectivity index (χ1) is 8.34. The molecule has 1 fully saturated rings. The molecular formula is C13H24N4O. The largest absolute Gasteiger partial charge is 0.338 e. The molecule has 2 N–H and O–H groups in total. The number of aromatic nitrogens is 2. The molecule has 2 unspecified atom stereocenters. The van der Waals surface area contributed by atoms with Gasteiger partial charge in [-0.2, -0.15) is 4.98 Å². The number of hydrogen-bond acceptors (Lipinski definition) is 5. The quantitative estimate of drug-likeness (QED) is 0.887. The van der Waals surface area contributed by atoms with Gasteiger partial charge in [-0.1, -0.05) is 19.0 Å². The molecule has 102 valence electrons. The smallest absolute Gasteiger partial charge is 0.240 e. The highest BCUT2D eigenvalue weighted by molar-refractivity contribution is 4.99. The van der Waals surface area contributed by atoms with Gasteiger partial charge in [-0.3, -0.25) is 4.90 Å². The highest BCUT2D eigenvalue weighted by Gasteiger charge is 2.25. The van der Waals surface area contributed by atoms with Crippen LogP contribution in [-0.2, 0) is 12.1 Å². The van der Waals surface area contributed by atoms with Crippen LogP contribution in [-0.4, -0.2) is 28.1 Å². The van der Waals surface area contributed by atoms with Gasteiger partial charge in [0.25, 0.3) is 0 Å². The van der Waals surface area contributed by atoms with Gasteiger partial charge in [0.2, 0.25) is 5.89 Å². The normalized spacial score (nSPS) is 26.5. The van der Waals surface area contributed by atoms with E-state index in [1.54, 1.807) is 0 Å². The van der Waals surface area contributed by atoms with Gasteiger partial charge in [-0.15, -0.1) is 0 Å². The molecule has 0 radical (unpaired) electrons. The maximum absolute atomic E-state index is 5.95. The summed E-state index contributed by atoms with van der Waals surface area (Å²) in [5.41, 5.74) is 5.41. The number of nitrogens with two attached hydrogens (primary N) is 1. The minimum Gasteiger partial charge on any atom is -0.338 e. The summed E-state index contributed by atoms with van der Waals surface area (Å²) in [5.74, 6) is 2.73. The van der Waals surface area contributed by atoms with Crippen LogP contribution in [0.2, 0.25) is 0 Å². The minimum atomic E-state index is -0.537. The van der Waals surface area contributed by atoms with E-state index in [1.807, 2.05) is 13.8 Å². The van der Waals surface area contributed by atoms with Crippen molar-refractivity contribution in [1.29, 1.82) is 0 Å². The lowest BCUT2D eigenvalue weighted by molar-refractivity contribution is 0.121. The SMILES string of the molecule is CC1CC(C)CN(Cc2nc(C(C)(C)N)no2)C1. The van der Waals surface area contributed by atoms with Gasteiger partial charge in [0.1, 0.15) is 0 Å². The van der Waals surface area contributed by atoms with E-state index in [9.17, 15) is 0 Å². The monoisotopic (exact) mass is 252 g/mol. The van der Waals surface area contributed by atoms with E-state index < -0.39 is 5.54 Å². The van der Waals surface area contributed by atoms with Crippen LogP contribution in [0, 0.1) is 11.8 Å². The van der Waals surface area contributed by atoms with Crippen LogP contribution in [0.15, 0.2) is 4.52 Å². The zero-order valence-electron chi connectivity index (χ0n) is 11.8. The van der Waals surface area contributed by atoms with E-state index >= 15 is 0 Å². The second-order valence-electron chi connectivity index (χ2n) is 6.37. The number of hydrogen-bond donors (Lipinski definition) is 1. The third kappa shape index (κ3) is 3.29. The van der Waals surface area contributed by atoms with Gasteiger partial charge in [0.15, 0.2) is 5.82 Å². The van der Waals surface area contributed by atoms with Crippen molar-refractivity contribution in [3.05, 3.63) is 11.7 Å². The van der Waals surface area contributed by atoms with Gasteiger partial charge in [-0.05, 0) is 32.1 Å². The van der Waals surface area contributed by atoms with Crippen LogP contribution in [0.3, 0.4) is 0 Å². The Morgan fingerprint density at radius 3 is 2.44 bits per heavy atom. The van der Waals surface area contributed by atoms with E-state index in [1.165, 1.54) is 6.42 Å². The molecule has 0 amide bonds. The minimum absolute atomic E-state index is 0.537. The van der Waals surface area contributed by atoms with Crippen molar-refractivity contribution in [2.45, 2.75) is 46.2 Å². The molecule has 1 saturated heterocycles. The fourth-order valence-electron chi connectivity index (χ4n) is 2.69. The molecule has 5 nitrogen and oxygen atoms in total. The third-order valence-corrected chi connectivity index (χ3v) is 3.35. The van der Waals surface area contributed by atoms with Gasteiger partial charge in [0.05, 0.1) is 12.1 Å². The molecular weight excluding hydrogens is 228 g/mol. The van der Waals surface area contributed by atoms with Gasteiger partial charge < -0.3 is 10.3 Å². The second kappa shape index (κ2) is 4.97. The Morgan fingerprint density at radius 2 is 1.94 bits per heavy atom. The summed E-state index contributed by atoms with van der Waals surface area (Å²) < 4.78 is 5.28. The Bertz CT molecular complexity index is 386. The molecule has 1 aromatic heterocycles. The lowest BCUT2D eigenvalue weighted by Gasteiger charge is -2.33. The first kappa shape index (κ1) is 13.5. The fourth-order valence-corrected chi connectivity index (χ4v) is 2.69. The Morgan fingerprint density at radius 1 is 1.33 bits per heavy atom. The van der Waals surface area contributed by atoms with Crippen molar-refractivity contribution in [3.8, 4) is 0 Å². The molecule has 2 rings (SSSR count). The molecule has 2 atom stereocenters. The van der Waals surface area contributed by atoms with Gasteiger partial charge >= 0.3 is 0 Å². The molecule has 1 aliphatic heterocycles. The van der Waals surface area contributed by atoms with Crippen LogP contribution in [0.1, 0.15) is 45.8 Å². The van der Waals surface area contributed by atoms with Crippen molar-refractivity contribution in [1.82, 2.24) is 15.0 Å². The van der Waals surface area contributed by atoms with E-state index in [0.717, 1.165) is 31.5 Å². The molecule has 5 heteroatoms. The standard InChI is InChI=1S/C13H24N4O/c1-9-5-10(2)7-17(6-9)8-11-15-12(16-18-11)13(3,4)14/h9-10H,5-8,14H2,1-4H3. The summed E-state index contributed by atoms with van der Waals surface area (Å²) in [7, 11) is 0. The Labute approximate surface area is 109 Å². The van der Waals surface area contributed by atoms with Crippen LogP contribution in [0.5, 0.6) is 0 Å². The molecule has 0 aromatic carbocycles. The topological polar surface area (TPSA) is 68.2 Å². The van der Waals surface area contributed by atoms with Crippen LogP contribution in [0.4, 0.5) is 0 Å². The Hall–Kier alpha value is -0.940. The predicted octanol–water partition coefficient (Wildman–Crippen LogP) is 1.74. The van der Waals surface area contributed by atoms with E-state index in [2.05, 4.69) is 28.9 Å². The molecule has 1 aromatic rings. The molecule has 18 heavy (non-hydrogen) atoms. The maximum atomic E-state index is 5.95. The zero-order chi connectivity index (χ0) is 13.3. The molecule has 0 spiro atoms.